The van der Waals surface area contributed by atoms with Gasteiger partial charge in [-0.3, -0.25) is 4.79 Å². The van der Waals surface area contributed by atoms with Gasteiger partial charge in [0.2, 0.25) is 0 Å². The maximum atomic E-state index is 12.5. The number of amides is 1. The number of methoxy groups -OCH3 is 1. The molecule has 1 fully saturated rings. The first kappa shape index (κ1) is 18.8. The number of hydrogen-bond acceptors (Lipinski definition) is 5. The Morgan fingerprint density at radius 1 is 0.862 bits per heavy atom. The van der Waals surface area contributed by atoms with Crippen LogP contribution in [0, 0.1) is 0 Å². The SMILES string of the molecule is COc1ccccc1NC(=O)c1ccc(N2CCN(c3ccccc3)CC2)cn1. The van der Waals surface area contributed by atoms with Crippen molar-refractivity contribution >= 4 is 23.0 Å². The number of para-hydroxylation sites is 3. The highest BCUT2D eigenvalue weighted by atomic mass is 16.5. The van der Waals surface area contributed by atoms with Gasteiger partial charge in [0.15, 0.2) is 0 Å². The van der Waals surface area contributed by atoms with Crippen LogP contribution in [-0.4, -0.2) is 44.2 Å². The van der Waals surface area contributed by atoms with Crippen LogP contribution in [0.3, 0.4) is 0 Å². The Bertz CT molecular complexity index is 952. The van der Waals surface area contributed by atoms with Gasteiger partial charge >= 0.3 is 0 Å². The summed E-state index contributed by atoms with van der Waals surface area (Å²) in [4.78, 5) is 21.6. The molecule has 0 spiro atoms. The van der Waals surface area contributed by atoms with E-state index in [0.717, 1.165) is 31.9 Å². The molecule has 6 heteroatoms. The van der Waals surface area contributed by atoms with Crippen LogP contribution >= 0.6 is 0 Å². The fraction of sp³-hybridized carbons (Fsp3) is 0.217. The van der Waals surface area contributed by atoms with Crippen LogP contribution in [-0.2, 0) is 0 Å². The van der Waals surface area contributed by atoms with Crippen LogP contribution in [0.15, 0.2) is 72.9 Å². The van der Waals surface area contributed by atoms with Crippen molar-refractivity contribution in [3.05, 3.63) is 78.6 Å². The van der Waals surface area contributed by atoms with Crippen molar-refractivity contribution in [2.24, 2.45) is 0 Å². The Morgan fingerprint density at radius 2 is 1.52 bits per heavy atom. The summed E-state index contributed by atoms with van der Waals surface area (Å²) in [6, 6.07) is 21.5. The van der Waals surface area contributed by atoms with E-state index < -0.39 is 0 Å². The number of benzene rings is 2. The first-order valence-corrected chi connectivity index (χ1v) is 9.70. The Kier molecular flexibility index (Phi) is 5.61. The minimum Gasteiger partial charge on any atom is -0.495 e. The second kappa shape index (κ2) is 8.65. The van der Waals surface area contributed by atoms with E-state index in [1.165, 1.54) is 5.69 Å². The van der Waals surface area contributed by atoms with Crippen LogP contribution in [0.2, 0.25) is 0 Å². The minimum atomic E-state index is -0.255. The lowest BCUT2D eigenvalue weighted by Crippen LogP contribution is -2.46. The van der Waals surface area contributed by atoms with E-state index in [4.69, 9.17) is 4.74 Å². The zero-order chi connectivity index (χ0) is 20.1. The van der Waals surface area contributed by atoms with Crippen LogP contribution in [0.25, 0.3) is 0 Å². The Labute approximate surface area is 170 Å². The predicted molar refractivity (Wildman–Crippen MR) is 116 cm³/mol. The monoisotopic (exact) mass is 388 g/mol. The second-order valence-corrected chi connectivity index (χ2v) is 6.87. The van der Waals surface area contributed by atoms with E-state index in [-0.39, 0.29) is 5.91 Å². The molecule has 1 saturated heterocycles. The molecule has 0 saturated carbocycles. The number of anilines is 3. The van der Waals surface area contributed by atoms with Gasteiger partial charge in [-0.25, -0.2) is 4.98 Å². The second-order valence-electron chi connectivity index (χ2n) is 6.87. The van der Waals surface area contributed by atoms with Gasteiger partial charge in [-0.05, 0) is 36.4 Å². The minimum absolute atomic E-state index is 0.255. The third-order valence-electron chi connectivity index (χ3n) is 5.10. The maximum Gasteiger partial charge on any atom is 0.274 e. The molecule has 148 valence electrons. The van der Waals surface area contributed by atoms with Gasteiger partial charge in [0.05, 0.1) is 24.7 Å². The number of piperazine rings is 1. The van der Waals surface area contributed by atoms with Crippen molar-refractivity contribution in [2.75, 3.05) is 48.4 Å². The molecule has 0 aliphatic carbocycles. The van der Waals surface area contributed by atoms with Gasteiger partial charge in [0.1, 0.15) is 11.4 Å². The molecular weight excluding hydrogens is 364 g/mol. The zero-order valence-corrected chi connectivity index (χ0v) is 16.4. The summed E-state index contributed by atoms with van der Waals surface area (Å²) in [5.41, 5.74) is 3.30. The van der Waals surface area contributed by atoms with Crippen molar-refractivity contribution in [1.82, 2.24) is 4.98 Å². The quantitative estimate of drug-likeness (QED) is 0.723. The molecule has 4 rings (SSSR count). The van der Waals surface area contributed by atoms with Gasteiger partial charge < -0.3 is 19.9 Å². The Balaban J connectivity index is 1.37. The fourth-order valence-corrected chi connectivity index (χ4v) is 3.50. The molecule has 3 aromatic rings. The Hall–Kier alpha value is -3.54. The van der Waals surface area contributed by atoms with Gasteiger partial charge in [0, 0.05) is 31.9 Å². The molecular formula is C23H24N4O2. The molecule has 1 N–H and O–H groups in total. The van der Waals surface area contributed by atoms with Gasteiger partial charge in [-0.15, -0.1) is 0 Å². The summed E-state index contributed by atoms with van der Waals surface area (Å²) >= 11 is 0. The van der Waals surface area contributed by atoms with Crippen molar-refractivity contribution in [2.45, 2.75) is 0 Å². The summed E-state index contributed by atoms with van der Waals surface area (Å²) in [6.07, 6.45) is 1.77. The van der Waals surface area contributed by atoms with Crippen molar-refractivity contribution in [3.8, 4) is 5.75 Å². The number of ether oxygens (including phenoxy) is 1. The summed E-state index contributed by atoms with van der Waals surface area (Å²) in [6.45, 7) is 3.76. The first-order valence-electron chi connectivity index (χ1n) is 9.70. The number of rotatable bonds is 5. The standard InChI is InChI=1S/C23H24N4O2/c1-29-22-10-6-5-9-20(22)25-23(28)21-12-11-19(17-24-21)27-15-13-26(14-16-27)18-7-3-2-4-8-18/h2-12,17H,13-16H2,1H3,(H,25,28). The molecule has 1 aliphatic heterocycles. The number of carbonyl (C=O) groups excluding carboxylic acids is 1. The molecule has 29 heavy (non-hydrogen) atoms. The molecule has 0 unspecified atom stereocenters. The first-order chi connectivity index (χ1) is 14.2. The lowest BCUT2D eigenvalue weighted by atomic mass is 10.2. The number of nitrogens with zero attached hydrogens (tertiary/aromatic N) is 3. The van der Waals surface area contributed by atoms with E-state index in [2.05, 4.69) is 44.4 Å². The van der Waals surface area contributed by atoms with E-state index in [1.54, 1.807) is 31.5 Å². The highest BCUT2D eigenvalue weighted by Crippen LogP contribution is 2.24. The summed E-state index contributed by atoms with van der Waals surface area (Å²) in [5.74, 6) is 0.365. The average molecular weight is 388 g/mol. The largest absolute Gasteiger partial charge is 0.495 e. The fourth-order valence-electron chi connectivity index (χ4n) is 3.50. The topological polar surface area (TPSA) is 57.7 Å². The number of hydrogen-bond donors (Lipinski definition) is 1. The average Bonchev–Trinajstić information content (AvgIpc) is 2.80. The molecule has 1 amide bonds. The predicted octanol–water partition coefficient (Wildman–Crippen LogP) is 3.67. The highest BCUT2D eigenvalue weighted by Gasteiger charge is 2.18. The maximum absolute atomic E-state index is 12.5. The van der Waals surface area contributed by atoms with Crippen molar-refractivity contribution in [1.29, 1.82) is 0 Å². The number of carbonyl (C=O) groups is 1. The number of pyridine rings is 1. The van der Waals surface area contributed by atoms with Crippen LogP contribution in [0.1, 0.15) is 10.5 Å². The van der Waals surface area contributed by atoms with E-state index in [0.29, 0.717) is 17.1 Å². The normalized spacial score (nSPS) is 13.8. The molecule has 1 aromatic heterocycles. The smallest absolute Gasteiger partial charge is 0.274 e. The van der Waals surface area contributed by atoms with Gasteiger partial charge in [-0.1, -0.05) is 30.3 Å². The number of nitrogens with one attached hydrogen (secondary N) is 1. The number of aromatic nitrogens is 1. The third kappa shape index (κ3) is 4.32. The summed E-state index contributed by atoms with van der Waals surface area (Å²) < 4.78 is 5.28. The molecule has 0 bridgehead atoms. The molecule has 0 radical (unpaired) electrons. The highest BCUT2D eigenvalue weighted by molar-refractivity contribution is 6.03. The van der Waals surface area contributed by atoms with Crippen molar-refractivity contribution < 1.29 is 9.53 Å². The van der Waals surface area contributed by atoms with E-state index >= 15 is 0 Å². The lowest BCUT2D eigenvalue weighted by molar-refractivity contribution is 0.102. The van der Waals surface area contributed by atoms with Crippen LogP contribution in [0.5, 0.6) is 5.75 Å². The molecule has 0 atom stereocenters. The molecule has 6 nitrogen and oxygen atoms in total. The van der Waals surface area contributed by atoms with Crippen molar-refractivity contribution in [3.63, 3.8) is 0 Å². The third-order valence-corrected chi connectivity index (χ3v) is 5.10. The van der Waals surface area contributed by atoms with Gasteiger partial charge in [-0.2, -0.15) is 0 Å². The molecule has 2 aromatic carbocycles. The van der Waals surface area contributed by atoms with Gasteiger partial charge in [0.25, 0.3) is 5.91 Å². The van der Waals surface area contributed by atoms with E-state index in [1.807, 2.05) is 24.3 Å². The van der Waals surface area contributed by atoms with Crippen LogP contribution < -0.4 is 19.9 Å². The summed E-state index contributed by atoms with van der Waals surface area (Å²) in [5, 5.41) is 2.85. The molecule has 1 aliphatic rings. The van der Waals surface area contributed by atoms with Crippen LogP contribution in [0.4, 0.5) is 17.1 Å². The van der Waals surface area contributed by atoms with E-state index in [9.17, 15) is 4.79 Å². The lowest BCUT2D eigenvalue weighted by Gasteiger charge is -2.37. The Morgan fingerprint density at radius 3 is 2.17 bits per heavy atom. The summed E-state index contributed by atoms with van der Waals surface area (Å²) in [7, 11) is 1.58. The molecule has 2 heterocycles. The zero-order valence-electron chi connectivity index (χ0n) is 16.4.